The standard InChI is InChI=1S/C18H23N3O5S/c1-18(2,3)26-17(22)20-8-4-5-12(10-20)11-27-16-19-14-9-13(21(23)24)6-7-15(14)25-16/h6-7,9,12H,4-5,8,10-11H2,1-3H3/t12-/m0/s1. The van der Waals surface area contributed by atoms with Gasteiger partial charge in [-0.25, -0.2) is 9.78 Å². The maximum absolute atomic E-state index is 12.2. The van der Waals surface area contributed by atoms with E-state index in [4.69, 9.17) is 9.15 Å². The van der Waals surface area contributed by atoms with Gasteiger partial charge in [0, 0.05) is 31.0 Å². The molecule has 1 atom stereocenters. The lowest BCUT2D eigenvalue weighted by molar-refractivity contribution is -0.384. The van der Waals surface area contributed by atoms with Crippen molar-refractivity contribution in [3.05, 3.63) is 28.3 Å². The fourth-order valence-corrected chi connectivity index (χ4v) is 3.91. The average Bonchev–Trinajstić information content (AvgIpc) is 3.00. The molecule has 0 bridgehead atoms. The first kappa shape index (κ1) is 19.5. The highest BCUT2D eigenvalue weighted by atomic mass is 32.2. The molecule has 27 heavy (non-hydrogen) atoms. The van der Waals surface area contributed by atoms with E-state index in [-0.39, 0.29) is 11.8 Å². The second-order valence-electron chi connectivity index (χ2n) is 7.63. The molecule has 0 spiro atoms. The van der Waals surface area contributed by atoms with E-state index in [9.17, 15) is 14.9 Å². The van der Waals surface area contributed by atoms with Crippen LogP contribution in [0.5, 0.6) is 0 Å². The quantitative estimate of drug-likeness (QED) is 0.429. The molecule has 1 amide bonds. The minimum absolute atomic E-state index is 0.00682. The van der Waals surface area contributed by atoms with Crippen molar-refractivity contribution < 1.29 is 18.9 Å². The number of nitrogens with zero attached hydrogens (tertiary/aromatic N) is 3. The Kier molecular flexibility index (Phi) is 5.59. The zero-order chi connectivity index (χ0) is 19.6. The van der Waals surface area contributed by atoms with Crippen LogP contribution in [-0.2, 0) is 4.74 Å². The number of nitro groups is 1. The number of ether oxygens (including phenoxy) is 1. The largest absolute Gasteiger partial charge is 0.444 e. The van der Waals surface area contributed by atoms with E-state index >= 15 is 0 Å². The predicted octanol–water partition coefficient (Wildman–Crippen LogP) is 4.48. The molecule has 1 fully saturated rings. The van der Waals surface area contributed by atoms with Crippen LogP contribution in [0.1, 0.15) is 33.6 Å². The van der Waals surface area contributed by atoms with E-state index in [1.54, 1.807) is 11.0 Å². The molecular weight excluding hydrogens is 370 g/mol. The summed E-state index contributed by atoms with van der Waals surface area (Å²) in [6.07, 6.45) is 1.69. The highest BCUT2D eigenvalue weighted by Crippen LogP contribution is 2.30. The summed E-state index contributed by atoms with van der Waals surface area (Å²) in [5.74, 6) is 1.08. The molecule has 0 aliphatic carbocycles. The molecule has 1 aliphatic rings. The zero-order valence-electron chi connectivity index (χ0n) is 15.6. The van der Waals surface area contributed by atoms with Crippen LogP contribution in [0.2, 0.25) is 0 Å². The number of nitro benzene ring substituents is 1. The number of thioether (sulfide) groups is 1. The van der Waals surface area contributed by atoms with Crippen molar-refractivity contribution in [3.63, 3.8) is 0 Å². The van der Waals surface area contributed by atoms with E-state index in [1.807, 2.05) is 20.8 Å². The van der Waals surface area contributed by atoms with Gasteiger partial charge in [0.2, 0.25) is 0 Å². The summed E-state index contributed by atoms with van der Waals surface area (Å²) in [6, 6.07) is 4.38. The minimum Gasteiger partial charge on any atom is -0.444 e. The lowest BCUT2D eigenvalue weighted by Crippen LogP contribution is -2.43. The number of hydrogen-bond donors (Lipinski definition) is 0. The maximum Gasteiger partial charge on any atom is 0.410 e. The number of fused-ring (bicyclic) bond motifs is 1. The monoisotopic (exact) mass is 393 g/mol. The number of carbonyl (C=O) groups excluding carboxylic acids is 1. The van der Waals surface area contributed by atoms with Gasteiger partial charge in [0.1, 0.15) is 11.1 Å². The lowest BCUT2D eigenvalue weighted by atomic mass is 10.0. The summed E-state index contributed by atoms with van der Waals surface area (Å²) >= 11 is 1.47. The van der Waals surface area contributed by atoms with Crippen LogP contribution in [0.3, 0.4) is 0 Å². The van der Waals surface area contributed by atoms with E-state index in [1.165, 1.54) is 23.9 Å². The summed E-state index contributed by atoms with van der Waals surface area (Å²) < 4.78 is 11.1. The Morgan fingerprint density at radius 1 is 1.48 bits per heavy atom. The van der Waals surface area contributed by atoms with Crippen LogP contribution in [0.4, 0.5) is 10.5 Å². The van der Waals surface area contributed by atoms with Gasteiger partial charge in [-0.15, -0.1) is 0 Å². The van der Waals surface area contributed by atoms with Gasteiger partial charge in [-0.3, -0.25) is 10.1 Å². The van der Waals surface area contributed by atoms with Crippen molar-refractivity contribution in [2.24, 2.45) is 5.92 Å². The molecule has 1 aromatic heterocycles. The van der Waals surface area contributed by atoms with Crippen LogP contribution >= 0.6 is 11.8 Å². The number of piperidine rings is 1. The van der Waals surface area contributed by atoms with Crippen molar-refractivity contribution in [1.29, 1.82) is 0 Å². The molecule has 146 valence electrons. The van der Waals surface area contributed by atoms with Gasteiger partial charge in [0.15, 0.2) is 5.58 Å². The van der Waals surface area contributed by atoms with Crippen LogP contribution in [0.25, 0.3) is 11.1 Å². The van der Waals surface area contributed by atoms with Crippen molar-refractivity contribution >= 4 is 34.6 Å². The van der Waals surface area contributed by atoms with Crippen LogP contribution < -0.4 is 0 Å². The molecule has 0 N–H and O–H groups in total. The average molecular weight is 393 g/mol. The summed E-state index contributed by atoms with van der Waals surface area (Å²) in [7, 11) is 0. The first-order valence-electron chi connectivity index (χ1n) is 8.87. The van der Waals surface area contributed by atoms with Gasteiger partial charge in [-0.1, -0.05) is 11.8 Å². The molecular formula is C18H23N3O5S. The Morgan fingerprint density at radius 3 is 2.96 bits per heavy atom. The molecule has 0 radical (unpaired) electrons. The molecule has 2 heterocycles. The van der Waals surface area contributed by atoms with E-state index in [0.29, 0.717) is 35.3 Å². The maximum atomic E-state index is 12.2. The van der Waals surface area contributed by atoms with E-state index in [2.05, 4.69) is 4.98 Å². The van der Waals surface area contributed by atoms with E-state index < -0.39 is 10.5 Å². The highest BCUT2D eigenvalue weighted by molar-refractivity contribution is 7.99. The smallest absolute Gasteiger partial charge is 0.410 e. The molecule has 0 saturated carbocycles. The number of aromatic nitrogens is 1. The molecule has 1 saturated heterocycles. The van der Waals surface area contributed by atoms with Crippen molar-refractivity contribution in [2.75, 3.05) is 18.8 Å². The predicted molar refractivity (Wildman–Crippen MR) is 102 cm³/mol. The minimum atomic E-state index is -0.500. The molecule has 0 unspecified atom stereocenters. The number of non-ortho nitro benzene ring substituents is 1. The molecule has 2 aromatic rings. The Morgan fingerprint density at radius 2 is 2.26 bits per heavy atom. The molecule has 1 aliphatic heterocycles. The Labute approximate surface area is 161 Å². The second-order valence-corrected chi connectivity index (χ2v) is 8.61. The second kappa shape index (κ2) is 7.75. The first-order chi connectivity index (χ1) is 12.7. The number of carbonyl (C=O) groups is 1. The molecule has 9 heteroatoms. The SMILES string of the molecule is CC(C)(C)OC(=O)N1CCC[C@H](CSc2nc3cc([N+](=O)[O-])ccc3o2)C1. The van der Waals surface area contributed by atoms with Gasteiger partial charge >= 0.3 is 6.09 Å². The number of amides is 1. The van der Waals surface area contributed by atoms with Gasteiger partial charge in [0.25, 0.3) is 10.9 Å². The van der Waals surface area contributed by atoms with Gasteiger partial charge in [-0.05, 0) is 45.6 Å². The number of likely N-dealkylation sites (tertiary alicyclic amines) is 1. The topological polar surface area (TPSA) is 98.7 Å². The number of hydrogen-bond acceptors (Lipinski definition) is 7. The van der Waals surface area contributed by atoms with Crippen molar-refractivity contribution in [3.8, 4) is 0 Å². The van der Waals surface area contributed by atoms with Gasteiger partial charge in [0.05, 0.1) is 4.92 Å². The summed E-state index contributed by atoms with van der Waals surface area (Å²) in [5.41, 5.74) is 0.500. The fraction of sp³-hybridized carbons (Fsp3) is 0.556. The third kappa shape index (κ3) is 5.12. The van der Waals surface area contributed by atoms with Crippen LogP contribution in [0.15, 0.2) is 27.8 Å². The fourth-order valence-electron chi connectivity index (χ4n) is 2.95. The van der Waals surface area contributed by atoms with Crippen LogP contribution in [0, 0.1) is 16.0 Å². The third-order valence-electron chi connectivity index (χ3n) is 4.18. The Hall–Kier alpha value is -2.29. The lowest BCUT2D eigenvalue weighted by Gasteiger charge is -2.33. The van der Waals surface area contributed by atoms with Crippen molar-refractivity contribution in [1.82, 2.24) is 9.88 Å². The van der Waals surface area contributed by atoms with Crippen LogP contribution in [-0.4, -0.2) is 45.3 Å². The summed E-state index contributed by atoms with van der Waals surface area (Å²) in [4.78, 5) is 28.7. The Bertz CT molecular complexity index is 845. The van der Waals surface area contributed by atoms with Crippen molar-refractivity contribution in [2.45, 2.75) is 44.4 Å². The number of oxazole rings is 1. The third-order valence-corrected chi connectivity index (χ3v) is 5.24. The first-order valence-corrected chi connectivity index (χ1v) is 9.85. The number of benzene rings is 1. The summed E-state index contributed by atoms with van der Waals surface area (Å²) in [5, 5.41) is 11.3. The summed E-state index contributed by atoms with van der Waals surface area (Å²) in [6.45, 7) is 6.94. The van der Waals surface area contributed by atoms with Gasteiger partial charge in [-0.2, -0.15) is 0 Å². The normalized spacial score (nSPS) is 17.9. The van der Waals surface area contributed by atoms with E-state index in [0.717, 1.165) is 18.6 Å². The zero-order valence-corrected chi connectivity index (χ0v) is 16.5. The van der Waals surface area contributed by atoms with Gasteiger partial charge < -0.3 is 14.1 Å². The highest BCUT2D eigenvalue weighted by Gasteiger charge is 2.28. The molecule has 8 nitrogen and oxygen atoms in total. The number of rotatable bonds is 4. The Balaban J connectivity index is 1.58. The molecule has 3 rings (SSSR count). The molecule has 1 aromatic carbocycles.